The van der Waals surface area contributed by atoms with Gasteiger partial charge in [-0.05, 0) is 42.3 Å². The number of halogens is 9. The van der Waals surface area contributed by atoms with Gasteiger partial charge in [-0.25, -0.2) is 14.4 Å². The number of hydrogen-bond donors (Lipinski definition) is 3. The molecule has 20 heteroatoms. The number of hydrogen-bond acceptors (Lipinski definition) is 8. The zero-order valence-electron chi connectivity index (χ0n) is 25.1. The number of ether oxygens (including phenoxy) is 2. The van der Waals surface area contributed by atoms with Gasteiger partial charge in [0.25, 0.3) is 0 Å². The number of fused-ring (bicyclic) bond motifs is 1. The van der Waals surface area contributed by atoms with Gasteiger partial charge in [-0.3, -0.25) is 14.8 Å². The fourth-order valence-corrected chi connectivity index (χ4v) is 4.21. The highest BCUT2D eigenvalue weighted by Gasteiger charge is 2.39. The van der Waals surface area contributed by atoms with Crippen molar-refractivity contribution in [3.63, 3.8) is 0 Å². The number of aromatic nitrogens is 1. The molecule has 2 aliphatic heterocycles. The monoisotopic (exact) mass is 709 g/mol. The number of rotatable bonds is 5. The predicted octanol–water partition coefficient (Wildman–Crippen LogP) is 4.71. The summed E-state index contributed by atoms with van der Waals surface area (Å²) in [5.41, 5.74) is 2.62. The molecule has 2 fully saturated rings. The highest BCUT2D eigenvalue weighted by Crippen LogP contribution is 2.26. The fraction of sp³-hybridized carbons (Fsp3) is 0.500. The van der Waals surface area contributed by atoms with Crippen LogP contribution in [0.15, 0.2) is 48.8 Å². The molecule has 1 aromatic carbocycles. The van der Waals surface area contributed by atoms with Crippen molar-refractivity contribution < 1.29 is 78.7 Å². The summed E-state index contributed by atoms with van der Waals surface area (Å²) in [4.78, 5) is 36.0. The number of pyridine rings is 1. The van der Waals surface area contributed by atoms with Gasteiger partial charge in [-0.15, -0.1) is 0 Å². The van der Waals surface area contributed by atoms with Gasteiger partial charge >= 0.3 is 36.4 Å². The third-order valence-electron chi connectivity index (χ3n) is 6.43. The average Bonchev–Trinajstić information content (AvgIpc) is 3.19. The van der Waals surface area contributed by atoms with Crippen LogP contribution in [0.25, 0.3) is 0 Å². The van der Waals surface area contributed by atoms with Crippen LogP contribution in [0.3, 0.4) is 0 Å². The summed E-state index contributed by atoms with van der Waals surface area (Å²) in [6.45, 7) is 7.05. The molecule has 2 aromatic rings. The first-order valence-corrected chi connectivity index (χ1v) is 13.6. The largest absolute Gasteiger partial charge is 0.497 e. The fourth-order valence-electron chi connectivity index (χ4n) is 4.21. The van der Waals surface area contributed by atoms with E-state index in [4.69, 9.17) is 39.2 Å². The van der Waals surface area contributed by atoms with Crippen LogP contribution < -0.4 is 4.74 Å². The maximum atomic E-state index is 10.6. The summed E-state index contributed by atoms with van der Waals surface area (Å²) in [5.74, 6) is -6.73. The Bertz CT molecular complexity index is 1220. The van der Waals surface area contributed by atoms with Crippen molar-refractivity contribution in [1.82, 2.24) is 14.8 Å². The van der Waals surface area contributed by atoms with E-state index >= 15 is 0 Å². The molecule has 0 saturated carbocycles. The van der Waals surface area contributed by atoms with E-state index in [9.17, 15) is 39.5 Å². The van der Waals surface area contributed by atoms with Gasteiger partial charge < -0.3 is 24.8 Å². The molecule has 2 saturated heterocycles. The maximum Gasteiger partial charge on any atom is 0.490 e. The average molecular weight is 710 g/mol. The highest BCUT2D eigenvalue weighted by molar-refractivity contribution is 5.73. The first-order chi connectivity index (χ1) is 22.1. The molecule has 2 atom stereocenters. The standard InChI is InChI=1S/C22H29N3O2.3C2HF3O2/c1-26-21-6-4-18(5-7-21)14-24-10-8-20-16-25(11-12-27-22(20)17-24)15-19-3-2-9-23-13-19;3*3-2(4,5)1(6)7/h2-7,9,13,20,22H,8,10-12,14-17H2,1H3;3*(H,6,7)/t20-,22-;;;/m1.../s1. The number of nitrogens with zero attached hydrogens (tertiary/aromatic N) is 3. The van der Waals surface area contributed by atoms with Crippen molar-refractivity contribution in [2.45, 2.75) is 44.1 Å². The molecule has 0 spiro atoms. The SMILES string of the molecule is COc1ccc(CN2CC[C@@H]3CN(Cc4cccnc4)CCO[C@@H]3C2)cc1.O=C(O)C(F)(F)F.O=C(O)C(F)(F)F.O=C(O)C(F)(F)F. The van der Waals surface area contributed by atoms with E-state index in [1.54, 1.807) is 7.11 Å². The Morgan fingerprint density at radius 3 is 1.71 bits per heavy atom. The molecule has 0 bridgehead atoms. The molecule has 0 unspecified atom stereocenters. The number of methoxy groups -OCH3 is 1. The van der Waals surface area contributed by atoms with Crippen molar-refractivity contribution in [2.75, 3.05) is 39.9 Å². The van der Waals surface area contributed by atoms with Crippen LogP contribution in [-0.2, 0) is 32.2 Å². The highest BCUT2D eigenvalue weighted by atomic mass is 19.4. The second-order valence-corrected chi connectivity index (χ2v) is 10.0. The molecule has 3 N–H and O–H groups in total. The van der Waals surface area contributed by atoms with E-state index in [1.165, 1.54) is 17.5 Å². The molecule has 4 rings (SSSR count). The molecular weight excluding hydrogens is 677 g/mol. The number of likely N-dealkylation sites (tertiary alicyclic amines) is 1. The lowest BCUT2D eigenvalue weighted by Gasteiger charge is -2.38. The lowest BCUT2D eigenvalue weighted by molar-refractivity contribution is -0.193. The minimum absolute atomic E-state index is 0.343. The summed E-state index contributed by atoms with van der Waals surface area (Å²) in [7, 11) is 1.71. The molecule has 2 aliphatic rings. The Morgan fingerprint density at radius 2 is 1.27 bits per heavy atom. The van der Waals surface area contributed by atoms with Crippen molar-refractivity contribution in [3.8, 4) is 5.75 Å². The van der Waals surface area contributed by atoms with Gasteiger partial charge in [0.15, 0.2) is 0 Å². The molecule has 0 amide bonds. The molecule has 3 heterocycles. The summed E-state index contributed by atoms with van der Waals surface area (Å²) in [6.07, 6.45) is -9.90. The molecule has 0 radical (unpaired) electrons. The van der Waals surface area contributed by atoms with Crippen molar-refractivity contribution in [3.05, 3.63) is 59.9 Å². The normalized spacial score (nSPS) is 18.5. The summed E-state index contributed by atoms with van der Waals surface area (Å²) >= 11 is 0. The summed E-state index contributed by atoms with van der Waals surface area (Å²) in [6, 6.07) is 12.6. The van der Waals surface area contributed by atoms with Crippen LogP contribution in [0.2, 0.25) is 0 Å². The van der Waals surface area contributed by atoms with E-state index in [0.717, 1.165) is 51.6 Å². The van der Waals surface area contributed by atoms with E-state index in [2.05, 4.69) is 33.0 Å². The molecule has 0 aliphatic carbocycles. The minimum Gasteiger partial charge on any atom is -0.497 e. The predicted molar refractivity (Wildman–Crippen MR) is 147 cm³/mol. The van der Waals surface area contributed by atoms with Crippen LogP contribution >= 0.6 is 0 Å². The number of benzene rings is 1. The Labute approximate surface area is 267 Å². The van der Waals surface area contributed by atoms with Gasteiger partial charge in [0.05, 0.1) is 19.8 Å². The Balaban J connectivity index is 0.000000448. The van der Waals surface area contributed by atoms with Gasteiger partial charge in [0, 0.05) is 51.0 Å². The lowest BCUT2D eigenvalue weighted by Crippen LogP contribution is -2.46. The van der Waals surface area contributed by atoms with Crippen molar-refractivity contribution in [2.24, 2.45) is 5.92 Å². The zero-order chi connectivity index (χ0) is 36.7. The van der Waals surface area contributed by atoms with Crippen LogP contribution in [0.5, 0.6) is 5.75 Å². The number of aliphatic carboxylic acids is 3. The molecule has 48 heavy (non-hydrogen) atoms. The quantitative estimate of drug-likeness (QED) is 0.371. The number of alkyl halides is 9. The Kier molecular flexibility index (Phi) is 16.6. The van der Waals surface area contributed by atoms with E-state index in [-0.39, 0.29) is 0 Å². The topological polar surface area (TPSA) is 150 Å². The Morgan fingerprint density at radius 1 is 0.792 bits per heavy atom. The first-order valence-electron chi connectivity index (χ1n) is 13.6. The van der Waals surface area contributed by atoms with Gasteiger partial charge in [-0.1, -0.05) is 18.2 Å². The van der Waals surface area contributed by atoms with Crippen molar-refractivity contribution >= 4 is 17.9 Å². The lowest BCUT2D eigenvalue weighted by atomic mass is 9.93. The molecule has 270 valence electrons. The van der Waals surface area contributed by atoms with Gasteiger partial charge in [0.1, 0.15) is 5.75 Å². The summed E-state index contributed by atoms with van der Waals surface area (Å²) in [5, 5.41) is 21.4. The number of piperidine rings is 1. The smallest absolute Gasteiger partial charge is 0.490 e. The molecule has 1 aromatic heterocycles. The molecular formula is C28H32F9N3O8. The minimum atomic E-state index is -5.08. The first kappa shape index (κ1) is 41.9. The third-order valence-corrected chi connectivity index (χ3v) is 6.43. The van der Waals surface area contributed by atoms with E-state index in [0.29, 0.717) is 12.0 Å². The zero-order valence-corrected chi connectivity index (χ0v) is 25.1. The Hall–Kier alpha value is -4.17. The van der Waals surface area contributed by atoms with Gasteiger partial charge in [0.2, 0.25) is 0 Å². The van der Waals surface area contributed by atoms with Crippen LogP contribution in [0.1, 0.15) is 17.5 Å². The number of carboxylic acids is 3. The second kappa shape index (κ2) is 19.0. The molecule has 11 nitrogen and oxygen atoms in total. The van der Waals surface area contributed by atoms with Crippen molar-refractivity contribution in [1.29, 1.82) is 0 Å². The maximum absolute atomic E-state index is 10.6. The second-order valence-electron chi connectivity index (χ2n) is 10.0. The van der Waals surface area contributed by atoms with Crippen LogP contribution in [0, 0.1) is 5.92 Å². The van der Waals surface area contributed by atoms with Crippen LogP contribution in [0.4, 0.5) is 39.5 Å². The third kappa shape index (κ3) is 16.6. The van der Waals surface area contributed by atoms with E-state index < -0.39 is 36.4 Å². The number of carbonyl (C=O) groups is 3. The van der Waals surface area contributed by atoms with E-state index in [1.807, 2.05) is 30.6 Å². The van der Waals surface area contributed by atoms with Crippen LogP contribution in [-0.4, -0.2) is 113 Å². The summed E-state index contributed by atoms with van der Waals surface area (Å²) < 4.78 is 107. The number of carboxylic acid groups (broad SMARTS) is 3. The van der Waals surface area contributed by atoms with Gasteiger partial charge in [-0.2, -0.15) is 39.5 Å².